The van der Waals surface area contributed by atoms with Gasteiger partial charge in [-0.15, -0.1) is 0 Å². The molecule has 0 saturated heterocycles. The molecule has 0 fully saturated rings. The molecule has 1 rings (SSSR count). The van der Waals surface area contributed by atoms with Crippen LogP contribution < -0.4 is 5.73 Å². The van der Waals surface area contributed by atoms with Crippen molar-refractivity contribution in [2.45, 2.75) is 12.6 Å². The molecule has 2 N–H and O–H groups in total. The average Bonchev–Trinajstić information content (AvgIpc) is 2.16. The Morgan fingerprint density at radius 2 is 1.94 bits per heavy atom. The Balaban J connectivity index is 3.15. The van der Waals surface area contributed by atoms with Crippen LogP contribution in [0.3, 0.4) is 0 Å². The molecule has 5 heteroatoms. The zero-order valence-electron chi connectivity index (χ0n) is 8.24. The Labute approximate surface area is 90.3 Å². The smallest absolute Gasteiger partial charge is 0.330 e. The van der Waals surface area contributed by atoms with E-state index in [1.165, 1.54) is 0 Å². The van der Waals surface area contributed by atoms with Crippen LogP contribution in [-0.4, -0.2) is 6.54 Å². The molecule has 0 aliphatic rings. The fraction of sp³-hybridized carbons (Fsp3) is 0.273. The highest BCUT2D eigenvalue weighted by atomic mass is 19.4. The SMILES string of the molecule is NCCC#Cc1cc(F)ccc1C(F)(F)F. The summed E-state index contributed by atoms with van der Waals surface area (Å²) in [5.74, 6) is 3.98. The molecule has 0 aliphatic carbocycles. The molecule has 0 radical (unpaired) electrons. The maximum atomic E-state index is 12.8. The largest absolute Gasteiger partial charge is 0.417 e. The van der Waals surface area contributed by atoms with E-state index in [0.29, 0.717) is 6.07 Å². The summed E-state index contributed by atoms with van der Waals surface area (Å²) in [6.07, 6.45) is -4.26. The van der Waals surface area contributed by atoms with Crippen LogP contribution in [0.15, 0.2) is 18.2 Å². The minimum atomic E-state index is -4.53. The van der Waals surface area contributed by atoms with Crippen LogP contribution in [-0.2, 0) is 6.18 Å². The first-order chi connectivity index (χ1) is 7.45. The molecule has 0 spiro atoms. The Hall–Kier alpha value is -1.54. The molecule has 0 saturated carbocycles. The summed E-state index contributed by atoms with van der Waals surface area (Å²) in [6, 6.07) is 2.21. The lowest BCUT2D eigenvalue weighted by Crippen LogP contribution is -2.08. The van der Waals surface area contributed by atoms with Crippen molar-refractivity contribution in [1.82, 2.24) is 0 Å². The molecule has 0 heterocycles. The van der Waals surface area contributed by atoms with E-state index in [-0.39, 0.29) is 18.5 Å². The first-order valence-corrected chi connectivity index (χ1v) is 4.51. The number of rotatable bonds is 1. The average molecular weight is 231 g/mol. The summed E-state index contributed by atoms with van der Waals surface area (Å²) in [5.41, 5.74) is 3.86. The number of hydrogen-bond acceptors (Lipinski definition) is 1. The molecular weight excluding hydrogens is 222 g/mol. The van der Waals surface area contributed by atoms with E-state index in [1.807, 2.05) is 0 Å². The summed E-state index contributed by atoms with van der Waals surface area (Å²) < 4.78 is 50.2. The molecule has 0 atom stereocenters. The summed E-state index contributed by atoms with van der Waals surface area (Å²) >= 11 is 0. The van der Waals surface area contributed by atoms with E-state index >= 15 is 0 Å². The normalized spacial score (nSPS) is 10.8. The van der Waals surface area contributed by atoms with Crippen molar-refractivity contribution in [2.75, 3.05) is 6.54 Å². The minimum absolute atomic E-state index is 0.254. The summed E-state index contributed by atoms with van der Waals surface area (Å²) in [5, 5.41) is 0. The van der Waals surface area contributed by atoms with Crippen molar-refractivity contribution in [1.29, 1.82) is 0 Å². The first-order valence-electron chi connectivity index (χ1n) is 4.51. The lowest BCUT2D eigenvalue weighted by molar-refractivity contribution is -0.137. The van der Waals surface area contributed by atoms with Crippen molar-refractivity contribution in [3.63, 3.8) is 0 Å². The number of hydrogen-bond donors (Lipinski definition) is 1. The number of alkyl halides is 3. The summed E-state index contributed by atoms with van der Waals surface area (Å²) in [4.78, 5) is 0. The lowest BCUT2D eigenvalue weighted by Gasteiger charge is -2.08. The fourth-order valence-corrected chi connectivity index (χ4v) is 1.10. The Morgan fingerprint density at radius 1 is 1.25 bits per heavy atom. The van der Waals surface area contributed by atoms with Crippen molar-refractivity contribution >= 4 is 0 Å². The molecule has 1 nitrogen and oxygen atoms in total. The monoisotopic (exact) mass is 231 g/mol. The van der Waals surface area contributed by atoms with Crippen molar-refractivity contribution in [3.8, 4) is 11.8 Å². The molecule has 1 aromatic carbocycles. The molecule has 0 bridgehead atoms. The Kier molecular flexibility index (Phi) is 3.91. The Morgan fingerprint density at radius 3 is 2.50 bits per heavy atom. The van der Waals surface area contributed by atoms with Gasteiger partial charge in [0.1, 0.15) is 5.82 Å². The highest BCUT2D eigenvalue weighted by molar-refractivity contribution is 5.43. The van der Waals surface area contributed by atoms with Gasteiger partial charge in [-0.1, -0.05) is 11.8 Å². The van der Waals surface area contributed by atoms with Crippen molar-refractivity contribution < 1.29 is 17.6 Å². The van der Waals surface area contributed by atoms with Gasteiger partial charge in [-0.25, -0.2) is 4.39 Å². The van der Waals surface area contributed by atoms with E-state index in [2.05, 4.69) is 11.8 Å². The highest BCUT2D eigenvalue weighted by Crippen LogP contribution is 2.31. The van der Waals surface area contributed by atoms with Gasteiger partial charge in [0, 0.05) is 18.5 Å². The quantitative estimate of drug-likeness (QED) is 0.583. The first kappa shape index (κ1) is 12.5. The number of halogens is 4. The number of nitrogens with two attached hydrogens (primary N) is 1. The van der Waals surface area contributed by atoms with Crippen LogP contribution >= 0.6 is 0 Å². The van der Waals surface area contributed by atoms with Crippen LogP contribution in [0, 0.1) is 17.7 Å². The maximum Gasteiger partial charge on any atom is 0.417 e. The third-order valence-corrected chi connectivity index (χ3v) is 1.78. The molecular formula is C11H9F4N. The van der Waals surface area contributed by atoms with Crippen LogP contribution in [0.25, 0.3) is 0 Å². The predicted molar refractivity (Wildman–Crippen MR) is 52.0 cm³/mol. The topological polar surface area (TPSA) is 26.0 Å². The van der Waals surface area contributed by atoms with Gasteiger partial charge in [-0.3, -0.25) is 0 Å². The van der Waals surface area contributed by atoms with Gasteiger partial charge < -0.3 is 5.73 Å². The third kappa shape index (κ3) is 3.24. The molecule has 16 heavy (non-hydrogen) atoms. The standard InChI is InChI=1S/C11H9F4N/c12-9-4-5-10(11(13,14)15)8(7-9)3-1-2-6-16/h4-5,7H,2,6,16H2. The van der Waals surface area contributed by atoms with Gasteiger partial charge in [0.25, 0.3) is 0 Å². The van der Waals surface area contributed by atoms with E-state index in [0.717, 1.165) is 12.1 Å². The minimum Gasteiger partial charge on any atom is -0.330 e. The van der Waals surface area contributed by atoms with Crippen LogP contribution in [0.5, 0.6) is 0 Å². The van der Waals surface area contributed by atoms with E-state index in [1.54, 1.807) is 0 Å². The van der Waals surface area contributed by atoms with Gasteiger partial charge in [0.05, 0.1) is 5.56 Å². The van der Waals surface area contributed by atoms with Crippen molar-refractivity contribution in [3.05, 3.63) is 35.1 Å². The van der Waals surface area contributed by atoms with Gasteiger partial charge in [-0.2, -0.15) is 13.2 Å². The molecule has 1 aromatic rings. The second kappa shape index (κ2) is 4.99. The zero-order chi connectivity index (χ0) is 12.2. The van der Waals surface area contributed by atoms with E-state index < -0.39 is 17.6 Å². The van der Waals surface area contributed by atoms with E-state index in [9.17, 15) is 17.6 Å². The van der Waals surface area contributed by atoms with Crippen LogP contribution in [0.2, 0.25) is 0 Å². The summed E-state index contributed by atoms with van der Waals surface area (Å²) in [6.45, 7) is 0.254. The highest BCUT2D eigenvalue weighted by Gasteiger charge is 2.33. The van der Waals surface area contributed by atoms with E-state index in [4.69, 9.17) is 5.73 Å². The van der Waals surface area contributed by atoms with Crippen molar-refractivity contribution in [2.24, 2.45) is 5.73 Å². The van der Waals surface area contributed by atoms with Gasteiger partial charge in [0.2, 0.25) is 0 Å². The zero-order valence-corrected chi connectivity index (χ0v) is 8.24. The van der Waals surface area contributed by atoms with Crippen LogP contribution in [0.1, 0.15) is 17.5 Å². The lowest BCUT2D eigenvalue weighted by atomic mass is 10.1. The van der Waals surface area contributed by atoms with Gasteiger partial charge in [-0.05, 0) is 18.2 Å². The second-order valence-corrected chi connectivity index (χ2v) is 3.03. The summed E-state index contributed by atoms with van der Waals surface area (Å²) in [7, 11) is 0. The van der Waals surface area contributed by atoms with Gasteiger partial charge >= 0.3 is 6.18 Å². The number of benzene rings is 1. The fourth-order valence-electron chi connectivity index (χ4n) is 1.10. The predicted octanol–water partition coefficient (Wildman–Crippen LogP) is 2.54. The van der Waals surface area contributed by atoms with Gasteiger partial charge in [0.15, 0.2) is 0 Å². The third-order valence-electron chi connectivity index (χ3n) is 1.78. The molecule has 0 unspecified atom stereocenters. The molecule has 0 aromatic heterocycles. The second-order valence-electron chi connectivity index (χ2n) is 3.03. The molecule has 0 aliphatic heterocycles. The molecule has 0 amide bonds. The molecule has 86 valence electrons. The maximum absolute atomic E-state index is 12.8. The Bertz CT molecular complexity index is 426. The van der Waals surface area contributed by atoms with Crippen LogP contribution in [0.4, 0.5) is 17.6 Å².